The van der Waals surface area contributed by atoms with Crippen molar-refractivity contribution in [3.8, 4) is 5.75 Å². The Kier molecular flexibility index (Phi) is 5.23. The van der Waals surface area contributed by atoms with Crippen molar-refractivity contribution in [1.29, 1.82) is 0 Å². The van der Waals surface area contributed by atoms with E-state index < -0.39 is 0 Å². The first-order valence-corrected chi connectivity index (χ1v) is 7.12. The van der Waals surface area contributed by atoms with Gasteiger partial charge >= 0.3 is 0 Å². The zero-order valence-electron chi connectivity index (χ0n) is 12.1. The summed E-state index contributed by atoms with van der Waals surface area (Å²) < 4.78 is 5.73. The van der Waals surface area contributed by atoms with Crippen LogP contribution >= 0.6 is 11.6 Å². The second kappa shape index (κ2) is 7.14. The molecule has 0 aliphatic rings. The highest BCUT2D eigenvalue weighted by Gasteiger charge is 2.09. The number of hydrogen-bond acceptors (Lipinski definition) is 2. The van der Waals surface area contributed by atoms with Gasteiger partial charge in [-0.3, -0.25) is 4.79 Å². The molecule has 0 heterocycles. The topological polar surface area (TPSA) is 29.5 Å². The fourth-order valence-electron chi connectivity index (χ4n) is 1.96. The van der Waals surface area contributed by atoms with Gasteiger partial charge in [-0.15, -0.1) is 0 Å². The van der Waals surface area contributed by atoms with Crippen molar-refractivity contribution in [2.45, 2.75) is 19.6 Å². The molecule has 0 saturated carbocycles. The van der Waals surface area contributed by atoms with E-state index in [0.29, 0.717) is 11.6 Å². The molecule has 1 unspecified atom stereocenters. The summed E-state index contributed by atoms with van der Waals surface area (Å²) in [4.78, 5) is 12.4. The zero-order chi connectivity index (χ0) is 15.2. The van der Waals surface area contributed by atoms with Crippen LogP contribution in [0.2, 0.25) is 5.02 Å². The lowest BCUT2D eigenvalue weighted by atomic mass is 10.1. The highest BCUT2D eigenvalue weighted by atomic mass is 35.5. The molecule has 1 amide bonds. The molecule has 3 nitrogen and oxygen atoms in total. The van der Waals surface area contributed by atoms with E-state index >= 15 is 0 Å². The van der Waals surface area contributed by atoms with Crippen molar-refractivity contribution in [2.75, 3.05) is 7.05 Å². The van der Waals surface area contributed by atoms with E-state index in [2.05, 4.69) is 0 Å². The molecule has 110 valence electrons. The predicted molar refractivity (Wildman–Crippen MR) is 84.5 cm³/mol. The third-order valence-corrected chi connectivity index (χ3v) is 3.67. The highest BCUT2D eigenvalue weighted by molar-refractivity contribution is 6.30. The van der Waals surface area contributed by atoms with E-state index in [1.165, 1.54) is 0 Å². The maximum atomic E-state index is 10.8. The van der Waals surface area contributed by atoms with Crippen LogP contribution in [0.4, 0.5) is 0 Å². The molecule has 0 aliphatic heterocycles. The molecule has 0 saturated heterocycles. The maximum absolute atomic E-state index is 10.8. The number of halogens is 1. The molecule has 4 heteroatoms. The first kappa shape index (κ1) is 15.4. The third kappa shape index (κ3) is 4.23. The first-order chi connectivity index (χ1) is 10.1. The van der Waals surface area contributed by atoms with Crippen LogP contribution in [0, 0.1) is 0 Å². The van der Waals surface area contributed by atoms with Crippen LogP contribution < -0.4 is 4.74 Å². The zero-order valence-corrected chi connectivity index (χ0v) is 12.9. The maximum Gasteiger partial charge on any atom is 0.209 e. The van der Waals surface area contributed by atoms with E-state index in [-0.39, 0.29) is 6.04 Å². The number of ether oxygens (including phenoxy) is 1. The van der Waals surface area contributed by atoms with Gasteiger partial charge in [-0.25, -0.2) is 0 Å². The molecule has 0 bridgehead atoms. The SMILES string of the molecule is CC(c1ccc(OCc2cccc(Cl)c2)cc1)N(C)C=O. The van der Waals surface area contributed by atoms with Crippen LogP contribution in [0.5, 0.6) is 5.75 Å². The van der Waals surface area contributed by atoms with E-state index in [4.69, 9.17) is 16.3 Å². The lowest BCUT2D eigenvalue weighted by Crippen LogP contribution is -2.20. The van der Waals surface area contributed by atoms with Crippen LogP contribution in [0.15, 0.2) is 48.5 Å². The number of benzene rings is 2. The van der Waals surface area contributed by atoms with E-state index in [1.54, 1.807) is 11.9 Å². The average molecular weight is 304 g/mol. The van der Waals surface area contributed by atoms with Gasteiger partial charge in [0.05, 0.1) is 6.04 Å². The van der Waals surface area contributed by atoms with Gasteiger partial charge in [-0.05, 0) is 42.3 Å². The van der Waals surface area contributed by atoms with Gasteiger partial charge < -0.3 is 9.64 Å². The Morgan fingerprint density at radius 2 is 1.95 bits per heavy atom. The third-order valence-electron chi connectivity index (χ3n) is 3.43. The number of nitrogens with zero attached hydrogens (tertiary/aromatic N) is 1. The largest absolute Gasteiger partial charge is 0.489 e. The molecular formula is C17H18ClNO2. The molecule has 0 fully saturated rings. The van der Waals surface area contributed by atoms with Crippen molar-refractivity contribution in [3.63, 3.8) is 0 Å². The highest BCUT2D eigenvalue weighted by Crippen LogP contribution is 2.21. The van der Waals surface area contributed by atoms with Gasteiger partial charge in [-0.2, -0.15) is 0 Å². The van der Waals surface area contributed by atoms with Crippen molar-refractivity contribution in [1.82, 2.24) is 4.90 Å². The lowest BCUT2D eigenvalue weighted by Gasteiger charge is -2.20. The van der Waals surface area contributed by atoms with Crippen LogP contribution in [-0.4, -0.2) is 18.4 Å². The molecule has 0 N–H and O–H groups in total. The molecular weight excluding hydrogens is 286 g/mol. The minimum absolute atomic E-state index is 0.0458. The van der Waals surface area contributed by atoms with Crippen LogP contribution in [-0.2, 0) is 11.4 Å². The standard InChI is InChI=1S/C17H18ClNO2/c1-13(19(2)12-20)15-6-8-17(9-7-15)21-11-14-4-3-5-16(18)10-14/h3-10,12-13H,11H2,1-2H3. The molecule has 2 rings (SSSR count). The van der Waals surface area contributed by atoms with Gasteiger partial charge in [0, 0.05) is 12.1 Å². The normalized spacial score (nSPS) is 11.8. The Labute approximate surface area is 130 Å². The molecule has 0 aromatic heterocycles. The average Bonchev–Trinajstić information content (AvgIpc) is 2.52. The Morgan fingerprint density at radius 1 is 1.24 bits per heavy atom. The number of carbonyl (C=O) groups excluding carboxylic acids is 1. The van der Waals surface area contributed by atoms with E-state index in [9.17, 15) is 4.79 Å². The summed E-state index contributed by atoms with van der Waals surface area (Å²) >= 11 is 5.94. The molecule has 2 aromatic carbocycles. The number of hydrogen-bond donors (Lipinski definition) is 0. The second-order valence-electron chi connectivity index (χ2n) is 4.93. The Hall–Kier alpha value is -2.00. The smallest absolute Gasteiger partial charge is 0.209 e. The van der Waals surface area contributed by atoms with Gasteiger partial charge in [0.2, 0.25) is 6.41 Å². The minimum atomic E-state index is 0.0458. The summed E-state index contributed by atoms with van der Waals surface area (Å²) in [7, 11) is 1.77. The second-order valence-corrected chi connectivity index (χ2v) is 5.37. The predicted octanol–water partition coefficient (Wildman–Crippen LogP) is 4.07. The number of rotatable bonds is 6. The van der Waals surface area contributed by atoms with E-state index in [0.717, 1.165) is 23.3 Å². The summed E-state index contributed by atoms with van der Waals surface area (Å²) in [5.41, 5.74) is 2.10. The van der Waals surface area contributed by atoms with Gasteiger partial charge in [0.1, 0.15) is 12.4 Å². The van der Waals surface area contributed by atoms with Crippen molar-refractivity contribution in [3.05, 3.63) is 64.7 Å². The Bertz CT molecular complexity index is 598. The lowest BCUT2D eigenvalue weighted by molar-refractivity contribution is -0.118. The quantitative estimate of drug-likeness (QED) is 0.753. The molecule has 0 radical (unpaired) electrons. The van der Waals surface area contributed by atoms with Crippen LogP contribution in [0.3, 0.4) is 0 Å². The molecule has 0 aliphatic carbocycles. The summed E-state index contributed by atoms with van der Waals surface area (Å²) in [6.45, 7) is 2.46. The van der Waals surface area contributed by atoms with Gasteiger partial charge in [-0.1, -0.05) is 35.9 Å². The summed E-state index contributed by atoms with van der Waals surface area (Å²) in [6.07, 6.45) is 0.828. The van der Waals surface area contributed by atoms with E-state index in [1.807, 2.05) is 55.5 Å². The summed E-state index contributed by atoms with van der Waals surface area (Å²) in [5.74, 6) is 0.791. The molecule has 0 spiro atoms. The summed E-state index contributed by atoms with van der Waals surface area (Å²) in [5, 5.41) is 0.706. The van der Waals surface area contributed by atoms with Crippen molar-refractivity contribution < 1.29 is 9.53 Å². The fraction of sp³-hybridized carbons (Fsp3) is 0.235. The van der Waals surface area contributed by atoms with Crippen LogP contribution in [0.25, 0.3) is 0 Å². The molecule has 21 heavy (non-hydrogen) atoms. The van der Waals surface area contributed by atoms with Crippen molar-refractivity contribution in [2.24, 2.45) is 0 Å². The first-order valence-electron chi connectivity index (χ1n) is 6.74. The Morgan fingerprint density at radius 3 is 2.57 bits per heavy atom. The number of carbonyl (C=O) groups is 1. The fourth-order valence-corrected chi connectivity index (χ4v) is 2.18. The van der Waals surface area contributed by atoms with Gasteiger partial charge in [0.15, 0.2) is 0 Å². The van der Waals surface area contributed by atoms with Crippen LogP contribution in [0.1, 0.15) is 24.1 Å². The minimum Gasteiger partial charge on any atom is -0.489 e. The van der Waals surface area contributed by atoms with Crippen molar-refractivity contribution >= 4 is 18.0 Å². The van der Waals surface area contributed by atoms with Gasteiger partial charge in [0.25, 0.3) is 0 Å². The summed E-state index contributed by atoms with van der Waals surface area (Å²) in [6, 6.07) is 15.4. The molecule has 1 atom stereocenters. The number of amides is 1. The Balaban J connectivity index is 1.98. The monoisotopic (exact) mass is 303 g/mol. The molecule has 2 aromatic rings.